The molecule has 2 aromatic rings. The Labute approximate surface area is 97.9 Å². The van der Waals surface area contributed by atoms with Crippen LogP contribution in [0.1, 0.15) is 0 Å². The predicted molar refractivity (Wildman–Crippen MR) is 60.5 cm³/mol. The van der Waals surface area contributed by atoms with Crippen LogP contribution in [0.2, 0.25) is 0 Å². The fraction of sp³-hybridized carbons (Fsp3) is 0.200. The van der Waals surface area contributed by atoms with Crippen LogP contribution in [-0.2, 0) is 0 Å². The Balaban J connectivity index is 2.18. The van der Waals surface area contributed by atoms with Crippen LogP contribution in [0, 0.1) is 0 Å². The van der Waals surface area contributed by atoms with Crippen LogP contribution in [0.3, 0.4) is 0 Å². The summed E-state index contributed by atoms with van der Waals surface area (Å²) >= 11 is 0. The molecular formula is C10H11N5O2. The van der Waals surface area contributed by atoms with Crippen molar-refractivity contribution >= 4 is 11.6 Å². The second kappa shape index (κ2) is 5.06. The number of nitrogens with zero attached hydrogens (tertiary/aromatic N) is 4. The van der Waals surface area contributed by atoms with Crippen molar-refractivity contribution in [3.05, 3.63) is 24.8 Å². The van der Waals surface area contributed by atoms with Crippen LogP contribution in [-0.4, -0.2) is 34.2 Å². The number of anilines is 2. The quantitative estimate of drug-likeness (QED) is 0.844. The zero-order valence-corrected chi connectivity index (χ0v) is 9.41. The van der Waals surface area contributed by atoms with Gasteiger partial charge in [0.25, 0.3) is 0 Å². The third-order valence-electron chi connectivity index (χ3n) is 1.90. The van der Waals surface area contributed by atoms with Gasteiger partial charge < -0.3 is 14.8 Å². The summed E-state index contributed by atoms with van der Waals surface area (Å²) in [5.74, 6) is 1.88. The molecule has 0 aromatic carbocycles. The third kappa shape index (κ3) is 2.77. The van der Waals surface area contributed by atoms with Crippen LogP contribution in [0.4, 0.5) is 11.6 Å². The molecule has 1 N–H and O–H groups in total. The van der Waals surface area contributed by atoms with Crippen molar-refractivity contribution in [2.24, 2.45) is 0 Å². The van der Waals surface area contributed by atoms with E-state index in [2.05, 4.69) is 25.3 Å². The molecular weight excluding hydrogens is 222 g/mol. The topological polar surface area (TPSA) is 82.0 Å². The van der Waals surface area contributed by atoms with Crippen molar-refractivity contribution in [1.29, 1.82) is 0 Å². The number of methoxy groups -OCH3 is 2. The molecule has 0 unspecified atom stereocenters. The Morgan fingerprint density at radius 3 is 1.71 bits per heavy atom. The molecule has 0 bridgehead atoms. The zero-order chi connectivity index (χ0) is 12.1. The fourth-order valence-corrected chi connectivity index (χ4v) is 1.14. The van der Waals surface area contributed by atoms with Crippen molar-refractivity contribution in [2.75, 3.05) is 19.5 Å². The minimum atomic E-state index is 0.422. The van der Waals surface area contributed by atoms with Gasteiger partial charge >= 0.3 is 0 Å². The predicted octanol–water partition coefficient (Wildman–Crippen LogP) is 1.03. The van der Waals surface area contributed by atoms with E-state index in [0.717, 1.165) is 0 Å². The van der Waals surface area contributed by atoms with Crippen LogP contribution < -0.4 is 14.8 Å². The molecule has 0 aliphatic rings. The third-order valence-corrected chi connectivity index (χ3v) is 1.90. The van der Waals surface area contributed by atoms with Crippen LogP contribution in [0.25, 0.3) is 0 Å². The number of aromatic nitrogens is 4. The summed E-state index contributed by atoms with van der Waals surface area (Å²) < 4.78 is 9.93. The van der Waals surface area contributed by atoms with Gasteiger partial charge in [0.1, 0.15) is 0 Å². The van der Waals surface area contributed by atoms with Crippen LogP contribution >= 0.6 is 0 Å². The molecule has 17 heavy (non-hydrogen) atoms. The minimum Gasteiger partial charge on any atom is -0.480 e. The highest BCUT2D eigenvalue weighted by Crippen LogP contribution is 2.15. The lowest BCUT2D eigenvalue weighted by Crippen LogP contribution is -2.00. The average molecular weight is 233 g/mol. The number of hydrogen-bond donors (Lipinski definition) is 1. The largest absolute Gasteiger partial charge is 0.480 e. The fourth-order valence-electron chi connectivity index (χ4n) is 1.14. The molecule has 0 radical (unpaired) electrons. The standard InChI is InChI=1S/C10H11N5O2/c1-16-9-5-11-3-7(14-9)13-8-4-12-6-10(15-8)17-2/h3-6H,1-2H3,(H,13,14,15). The molecule has 0 aliphatic carbocycles. The van der Waals surface area contributed by atoms with Gasteiger partial charge in [-0.1, -0.05) is 0 Å². The highest BCUT2D eigenvalue weighted by Gasteiger charge is 2.02. The van der Waals surface area contributed by atoms with E-state index in [1.165, 1.54) is 26.6 Å². The van der Waals surface area contributed by atoms with Gasteiger partial charge in [0, 0.05) is 0 Å². The van der Waals surface area contributed by atoms with Crippen molar-refractivity contribution in [2.45, 2.75) is 0 Å². The summed E-state index contributed by atoms with van der Waals surface area (Å²) in [6.07, 6.45) is 6.15. The lowest BCUT2D eigenvalue weighted by molar-refractivity contribution is 0.395. The Morgan fingerprint density at radius 1 is 0.824 bits per heavy atom. The molecule has 2 rings (SSSR count). The van der Waals surface area contributed by atoms with Gasteiger partial charge in [0.2, 0.25) is 11.8 Å². The van der Waals surface area contributed by atoms with Gasteiger partial charge in [0.15, 0.2) is 11.6 Å². The van der Waals surface area contributed by atoms with Gasteiger partial charge in [-0.15, -0.1) is 0 Å². The Morgan fingerprint density at radius 2 is 1.29 bits per heavy atom. The molecule has 0 fully saturated rings. The van der Waals surface area contributed by atoms with Gasteiger partial charge in [-0.3, -0.25) is 9.97 Å². The van der Waals surface area contributed by atoms with Crippen LogP contribution in [0.5, 0.6) is 11.8 Å². The molecule has 7 heteroatoms. The molecule has 0 saturated heterocycles. The van der Waals surface area contributed by atoms with E-state index in [0.29, 0.717) is 23.4 Å². The van der Waals surface area contributed by atoms with Crippen molar-refractivity contribution in [1.82, 2.24) is 19.9 Å². The first-order chi connectivity index (χ1) is 8.31. The maximum atomic E-state index is 4.96. The first-order valence-electron chi connectivity index (χ1n) is 4.81. The molecule has 2 heterocycles. The Kier molecular flexibility index (Phi) is 3.29. The SMILES string of the molecule is COc1cncc(Nc2cncc(OC)n2)n1. The average Bonchev–Trinajstić information content (AvgIpc) is 2.39. The zero-order valence-electron chi connectivity index (χ0n) is 9.41. The summed E-state index contributed by atoms with van der Waals surface area (Å²) in [7, 11) is 3.05. The molecule has 7 nitrogen and oxygen atoms in total. The molecule has 0 amide bonds. The maximum absolute atomic E-state index is 4.96. The number of nitrogens with one attached hydrogen (secondary N) is 1. The monoisotopic (exact) mass is 233 g/mol. The summed E-state index contributed by atoms with van der Waals surface area (Å²) in [5, 5.41) is 2.95. The lowest BCUT2D eigenvalue weighted by Gasteiger charge is -2.06. The van der Waals surface area contributed by atoms with Crippen LogP contribution in [0.15, 0.2) is 24.8 Å². The van der Waals surface area contributed by atoms with E-state index in [-0.39, 0.29) is 0 Å². The number of rotatable bonds is 4. The first-order valence-corrected chi connectivity index (χ1v) is 4.81. The summed E-state index contributed by atoms with van der Waals surface area (Å²) in [4.78, 5) is 16.2. The normalized spacial score (nSPS) is 9.76. The smallest absolute Gasteiger partial charge is 0.233 e. The molecule has 0 spiro atoms. The lowest BCUT2D eigenvalue weighted by atomic mass is 10.6. The molecule has 88 valence electrons. The summed E-state index contributed by atoms with van der Waals surface area (Å²) in [5.41, 5.74) is 0. The van der Waals surface area contributed by atoms with Crippen molar-refractivity contribution in [3.8, 4) is 11.8 Å². The van der Waals surface area contributed by atoms with Crippen molar-refractivity contribution in [3.63, 3.8) is 0 Å². The highest BCUT2D eigenvalue weighted by atomic mass is 16.5. The molecule has 0 saturated carbocycles. The van der Waals surface area contributed by atoms with Gasteiger partial charge in [-0.2, -0.15) is 9.97 Å². The second-order valence-corrected chi connectivity index (χ2v) is 3.02. The minimum absolute atomic E-state index is 0.422. The first kappa shape index (κ1) is 11.1. The van der Waals surface area contributed by atoms with Gasteiger partial charge in [-0.25, -0.2) is 0 Å². The summed E-state index contributed by atoms with van der Waals surface area (Å²) in [6.45, 7) is 0. The second-order valence-electron chi connectivity index (χ2n) is 3.02. The highest BCUT2D eigenvalue weighted by molar-refractivity contribution is 5.50. The van der Waals surface area contributed by atoms with E-state index in [1.54, 1.807) is 12.4 Å². The van der Waals surface area contributed by atoms with E-state index in [9.17, 15) is 0 Å². The number of ether oxygens (including phenoxy) is 2. The Hall–Kier alpha value is -2.44. The Bertz CT molecular complexity index is 460. The van der Waals surface area contributed by atoms with E-state index >= 15 is 0 Å². The molecule has 0 aliphatic heterocycles. The van der Waals surface area contributed by atoms with Crippen molar-refractivity contribution < 1.29 is 9.47 Å². The van der Waals surface area contributed by atoms with E-state index in [1.807, 2.05) is 0 Å². The van der Waals surface area contributed by atoms with E-state index in [4.69, 9.17) is 9.47 Å². The summed E-state index contributed by atoms with van der Waals surface area (Å²) in [6, 6.07) is 0. The van der Waals surface area contributed by atoms with E-state index < -0.39 is 0 Å². The molecule has 0 atom stereocenters. The van der Waals surface area contributed by atoms with Gasteiger partial charge in [0.05, 0.1) is 39.0 Å². The van der Waals surface area contributed by atoms with Gasteiger partial charge in [-0.05, 0) is 0 Å². The molecule has 2 aromatic heterocycles. The maximum Gasteiger partial charge on any atom is 0.233 e. The number of hydrogen-bond acceptors (Lipinski definition) is 7.